The van der Waals surface area contributed by atoms with Crippen molar-refractivity contribution >= 4 is 11.6 Å². The maximum absolute atomic E-state index is 13.4. The van der Waals surface area contributed by atoms with Gasteiger partial charge in [0.05, 0.1) is 6.54 Å². The Balaban J connectivity index is 1.82. The number of rotatable bonds is 5. The Kier molecular flexibility index (Phi) is 5.54. The van der Waals surface area contributed by atoms with Crippen LogP contribution < -0.4 is 16.6 Å². The van der Waals surface area contributed by atoms with Gasteiger partial charge in [-0.25, -0.2) is 9.18 Å². The largest absolute Gasteiger partial charge is 0.331 e. The van der Waals surface area contributed by atoms with Gasteiger partial charge in [0.15, 0.2) is 0 Å². The predicted octanol–water partition coefficient (Wildman–Crippen LogP) is 2.45. The summed E-state index contributed by atoms with van der Waals surface area (Å²) in [5.41, 5.74) is 1.95. The predicted molar refractivity (Wildman–Crippen MR) is 105 cm³/mol. The molecule has 0 aliphatic carbocycles. The zero-order chi connectivity index (χ0) is 20.3. The van der Waals surface area contributed by atoms with Crippen LogP contribution in [0.3, 0.4) is 0 Å². The van der Waals surface area contributed by atoms with Gasteiger partial charge in [0, 0.05) is 18.0 Å². The molecule has 0 atom stereocenters. The molecule has 0 saturated heterocycles. The molecule has 0 spiro atoms. The van der Waals surface area contributed by atoms with E-state index in [1.807, 2.05) is 26.0 Å². The molecule has 0 unspecified atom stereocenters. The summed E-state index contributed by atoms with van der Waals surface area (Å²) in [5, 5.41) is 2.72. The van der Waals surface area contributed by atoms with E-state index in [4.69, 9.17) is 0 Å². The molecule has 7 heteroatoms. The minimum Gasteiger partial charge on any atom is -0.324 e. The average Bonchev–Trinajstić information content (AvgIpc) is 2.63. The molecule has 1 heterocycles. The maximum atomic E-state index is 13.4. The van der Waals surface area contributed by atoms with Crippen LogP contribution in [0.5, 0.6) is 0 Å². The molecule has 0 bridgehead atoms. The number of nitrogens with zero attached hydrogens (tertiary/aromatic N) is 2. The van der Waals surface area contributed by atoms with Crippen molar-refractivity contribution in [3.63, 3.8) is 0 Å². The number of nitrogens with one attached hydrogen (secondary N) is 1. The molecule has 0 aliphatic heterocycles. The van der Waals surface area contributed by atoms with Crippen LogP contribution in [-0.4, -0.2) is 15.0 Å². The Bertz CT molecular complexity index is 1150. The van der Waals surface area contributed by atoms with Crippen LogP contribution in [0, 0.1) is 19.7 Å². The summed E-state index contributed by atoms with van der Waals surface area (Å²) in [5.74, 6) is -0.888. The molecule has 28 heavy (non-hydrogen) atoms. The van der Waals surface area contributed by atoms with Gasteiger partial charge < -0.3 is 5.32 Å². The molecule has 0 radical (unpaired) electrons. The van der Waals surface area contributed by atoms with Crippen LogP contribution in [0.15, 0.2) is 64.3 Å². The summed E-state index contributed by atoms with van der Waals surface area (Å²) in [6, 6.07) is 12.6. The minimum absolute atomic E-state index is 0.0928. The molecule has 1 amide bonds. The summed E-state index contributed by atoms with van der Waals surface area (Å²) in [6.07, 6.45) is 1.34. The fraction of sp³-hybridized carbons (Fsp3) is 0.190. The topological polar surface area (TPSA) is 73.1 Å². The fourth-order valence-electron chi connectivity index (χ4n) is 2.94. The number of amides is 1. The number of hydrogen-bond acceptors (Lipinski definition) is 3. The van der Waals surface area contributed by atoms with Crippen LogP contribution in [0.4, 0.5) is 10.1 Å². The molecule has 3 rings (SSSR count). The van der Waals surface area contributed by atoms with Crippen molar-refractivity contribution in [3.8, 4) is 0 Å². The zero-order valence-electron chi connectivity index (χ0n) is 15.6. The third kappa shape index (κ3) is 4.43. The molecule has 144 valence electrons. The van der Waals surface area contributed by atoms with Crippen molar-refractivity contribution in [3.05, 3.63) is 98.1 Å². The number of benzene rings is 2. The lowest BCUT2D eigenvalue weighted by Gasteiger charge is -2.12. The van der Waals surface area contributed by atoms with Gasteiger partial charge in [0.25, 0.3) is 5.56 Å². The Morgan fingerprint density at radius 3 is 2.57 bits per heavy atom. The number of halogens is 1. The highest BCUT2D eigenvalue weighted by Crippen LogP contribution is 2.15. The molecule has 3 aromatic rings. The molecule has 1 aromatic heterocycles. The normalized spacial score (nSPS) is 10.7. The second-order valence-corrected chi connectivity index (χ2v) is 6.65. The van der Waals surface area contributed by atoms with Gasteiger partial charge in [-0.1, -0.05) is 29.8 Å². The Hall–Kier alpha value is -3.48. The van der Waals surface area contributed by atoms with Gasteiger partial charge in [-0.15, -0.1) is 0 Å². The second-order valence-electron chi connectivity index (χ2n) is 6.65. The summed E-state index contributed by atoms with van der Waals surface area (Å²) in [7, 11) is 0. The maximum Gasteiger partial charge on any atom is 0.331 e. The van der Waals surface area contributed by atoms with Crippen molar-refractivity contribution in [1.29, 1.82) is 0 Å². The third-order valence-corrected chi connectivity index (χ3v) is 4.34. The van der Waals surface area contributed by atoms with Crippen molar-refractivity contribution in [1.82, 2.24) is 9.13 Å². The van der Waals surface area contributed by atoms with Crippen LogP contribution in [-0.2, 0) is 17.9 Å². The number of carbonyl (C=O) groups is 1. The molecular weight excluding hydrogens is 361 g/mol. The monoisotopic (exact) mass is 381 g/mol. The Morgan fingerprint density at radius 2 is 1.86 bits per heavy atom. The number of carbonyl (C=O) groups excluding carboxylic acids is 1. The van der Waals surface area contributed by atoms with E-state index in [2.05, 4.69) is 5.32 Å². The van der Waals surface area contributed by atoms with E-state index in [9.17, 15) is 18.8 Å². The van der Waals surface area contributed by atoms with Gasteiger partial charge in [-0.2, -0.15) is 0 Å². The quantitative estimate of drug-likeness (QED) is 0.738. The molecule has 6 nitrogen and oxygen atoms in total. The number of hydrogen-bond donors (Lipinski definition) is 1. The lowest BCUT2D eigenvalue weighted by atomic mass is 10.1. The number of anilines is 1. The van der Waals surface area contributed by atoms with Gasteiger partial charge >= 0.3 is 5.69 Å². The highest BCUT2D eigenvalue weighted by atomic mass is 19.1. The average molecular weight is 381 g/mol. The lowest BCUT2D eigenvalue weighted by Crippen LogP contribution is -2.41. The summed E-state index contributed by atoms with van der Waals surface area (Å²) in [4.78, 5) is 37.1. The van der Waals surface area contributed by atoms with Gasteiger partial charge in [-0.3, -0.25) is 18.7 Å². The third-order valence-electron chi connectivity index (χ3n) is 4.34. The summed E-state index contributed by atoms with van der Waals surface area (Å²) in [6.45, 7) is 3.50. The summed E-state index contributed by atoms with van der Waals surface area (Å²) >= 11 is 0. The SMILES string of the molecule is Cc1ccc(NC(=O)Cn2c(=O)ccn(Cc3cccc(F)c3)c2=O)c(C)c1. The Morgan fingerprint density at radius 1 is 1.07 bits per heavy atom. The zero-order valence-corrected chi connectivity index (χ0v) is 15.6. The molecule has 1 N–H and O–H groups in total. The number of aryl methyl sites for hydroxylation is 2. The lowest BCUT2D eigenvalue weighted by molar-refractivity contribution is -0.116. The van der Waals surface area contributed by atoms with E-state index in [0.29, 0.717) is 11.3 Å². The fourth-order valence-corrected chi connectivity index (χ4v) is 2.94. The first-order valence-corrected chi connectivity index (χ1v) is 8.75. The standard InChI is InChI=1S/C21H20FN3O3/c1-14-6-7-18(15(2)10-14)23-19(26)13-25-20(27)8-9-24(21(25)28)12-16-4-3-5-17(22)11-16/h3-11H,12-13H2,1-2H3,(H,23,26). The molecular formula is C21H20FN3O3. The highest BCUT2D eigenvalue weighted by Gasteiger charge is 2.12. The summed E-state index contributed by atoms with van der Waals surface area (Å²) < 4.78 is 15.5. The van der Waals surface area contributed by atoms with Gasteiger partial charge in [0.1, 0.15) is 12.4 Å². The molecule has 2 aromatic carbocycles. The van der Waals surface area contributed by atoms with E-state index in [1.165, 1.54) is 29.0 Å². The van der Waals surface area contributed by atoms with Crippen molar-refractivity contribution in [2.45, 2.75) is 26.9 Å². The second kappa shape index (κ2) is 8.04. The van der Waals surface area contributed by atoms with Crippen LogP contribution in [0.25, 0.3) is 0 Å². The van der Waals surface area contributed by atoms with Crippen LogP contribution in [0.2, 0.25) is 0 Å². The van der Waals surface area contributed by atoms with Crippen molar-refractivity contribution in [2.24, 2.45) is 0 Å². The van der Waals surface area contributed by atoms with E-state index in [1.54, 1.807) is 18.2 Å². The van der Waals surface area contributed by atoms with Crippen LogP contribution >= 0.6 is 0 Å². The first kappa shape index (κ1) is 19.3. The van der Waals surface area contributed by atoms with Gasteiger partial charge in [-0.05, 0) is 43.2 Å². The highest BCUT2D eigenvalue weighted by molar-refractivity contribution is 5.91. The van der Waals surface area contributed by atoms with E-state index in [0.717, 1.165) is 15.7 Å². The smallest absolute Gasteiger partial charge is 0.324 e. The first-order chi connectivity index (χ1) is 13.3. The first-order valence-electron chi connectivity index (χ1n) is 8.75. The van der Waals surface area contributed by atoms with Crippen molar-refractivity contribution in [2.75, 3.05) is 5.32 Å². The van der Waals surface area contributed by atoms with Gasteiger partial charge in [0.2, 0.25) is 5.91 Å². The van der Waals surface area contributed by atoms with E-state index >= 15 is 0 Å². The minimum atomic E-state index is -0.632. The van der Waals surface area contributed by atoms with E-state index in [-0.39, 0.29) is 6.54 Å². The van der Waals surface area contributed by atoms with Crippen molar-refractivity contribution < 1.29 is 9.18 Å². The van der Waals surface area contributed by atoms with Crippen LogP contribution in [0.1, 0.15) is 16.7 Å². The number of aromatic nitrogens is 2. The molecule has 0 aliphatic rings. The molecule has 0 fully saturated rings. The Labute approximate surface area is 160 Å². The molecule has 0 saturated carbocycles. The van der Waals surface area contributed by atoms with E-state index < -0.39 is 29.5 Å².